The first kappa shape index (κ1) is 20.6. The number of hydrogen-bond acceptors (Lipinski definition) is 5. The number of aromatic nitrogens is 3. The van der Waals surface area contributed by atoms with Gasteiger partial charge in [0.05, 0.1) is 11.6 Å². The normalized spacial score (nSPS) is 15.5. The van der Waals surface area contributed by atoms with Crippen molar-refractivity contribution in [3.63, 3.8) is 0 Å². The van der Waals surface area contributed by atoms with Gasteiger partial charge < -0.3 is 9.88 Å². The second kappa shape index (κ2) is 8.61. The van der Waals surface area contributed by atoms with Crippen LogP contribution in [0.1, 0.15) is 44.7 Å². The highest BCUT2D eigenvalue weighted by molar-refractivity contribution is 7.11. The lowest BCUT2D eigenvalue weighted by Crippen LogP contribution is -2.30. The van der Waals surface area contributed by atoms with E-state index in [0.29, 0.717) is 12.4 Å². The van der Waals surface area contributed by atoms with Crippen LogP contribution in [0.5, 0.6) is 0 Å². The van der Waals surface area contributed by atoms with E-state index in [9.17, 15) is 13.6 Å². The van der Waals surface area contributed by atoms with E-state index in [1.807, 2.05) is 15.9 Å². The van der Waals surface area contributed by atoms with Crippen LogP contribution >= 0.6 is 11.3 Å². The van der Waals surface area contributed by atoms with Crippen LogP contribution in [0.2, 0.25) is 0 Å². The van der Waals surface area contributed by atoms with Crippen molar-refractivity contribution < 1.29 is 13.6 Å². The molecule has 0 saturated heterocycles. The Morgan fingerprint density at radius 1 is 1.20 bits per heavy atom. The fourth-order valence-electron chi connectivity index (χ4n) is 3.67. The second-order valence-corrected chi connectivity index (χ2v) is 8.86. The molecule has 0 fully saturated rings. The van der Waals surface area contributed by atoms with Gasteiger partial charge in [-0.1, -0.05) is 0 Å². The molecule has 0 aliphatic carbocycles. The van der Waals surface area contributed by atoms with Crippen molar-refractivity contribution in [2.75, 3.05) is 13.1 Å². The number of nitrogens with one attached hydrogen (secondary N) is 1. The first-order chi connectivity index (χ1) is 14.4. The molecule has 0 spiro atoms. The average Bonchev–Trinajstić information content (AvgIpc) is 3.26. The van der Waals surface area contributed by atoms with Crippen LogP contribution < -0.4 is 5.32 Å². The predicted octanol–water partition coefficient (Wildman–Crippen LogP) is 3.48. The summed E-state index contributed by atoms with van der Waals surface area (Å²) in [6.45, 7) is 7.20. The highest BCUT2D eigenvalue weighted by Crippen LogP contribution is 2.20. The molecule has 1 amide bonds. The Labute approximate surface area is 177 Å². The molecule has 1 aliphatic heterocycles. The maximum Gasteiger partial charge on any atom is 0.254 e. The lowest BCUT2D eigenvalue weighted by Gasteiger charge is -2.19. The third kappa shape index (κ3) is 4.41. The van der Waals surface area contributed by atoms with Gasteiger partial charge in [0.25, 0.3) is 5.91 Å². The van der Waals surface area contributed by atoms with Crippen LogP contribution in [0, 0.1) is 18.6 Å². The zero-order chi connectivity index (χ0) is 21.3. The van der Waals surface area contributed by atoms with Gasteiger partial charge in [0.15, 0.2) is 5.82 Å². The zero-order valence-corrected chi connectivity index (χ0v) is 17.7. The number of nitrogens with zero attached hydrogens (tertiary/aromatic N) is 4. The Balaban J connectivity index is 1.44. The van der Waals surface area contributed by atoms with Gasteiger partial charge in [-0.25, -0.2) is 8.78 Å². The van der Waals surface area contributed by atoms with Crippen LogP contribution in [0.3, 0.4) is 0 Å². The van der Waals surface area contributed by atoms with Crippen molar-refractivity contribution in [3.05, 3.63) is 68.9 Å². The quantitative estimate of drug-likeness (QED) is 0.672. The zero-order valence-electron chi connectivity index (χ0n) is 16.9. The first-order valence-corrected chi connectivity index (χ1v) is 10.7. The summed E-state index contributed by atoms with van der Waals surface area (Å²) in [4.78, 5) is 17.5. The molecule has 1 aromatic carbocycles. The lowest BCUT2D eigenvalue weighted by atomic mass is 10.1. The SMILES string of the molecule is Cc1ccc(CN2CCc3nnc([C@@H](C)NC(=O)c4cc(F)ccc4F)n3CC2)s1. The summed E-state index contributed by atoms with van der Waals surface area (Å²) in [5.74, 6) is -0.621. The third-order valence-electron chi connectivity index (χ3n) is 5.23. The topological polar surface area (TPSA) is 63.1 Å². The molecule has 158 valence electrons. The van der Waals surface area contributed by atoms with Crippen LogP contribution in [0.4, 0.5) is 8.78 Å². The summed E-state index contributed by atoms with van der Waals surface area (Å²) < 4.78 is 29.3. The Kier molecular flexibility index (Phi) is 5.92. The number of thiophene rings is 1. The molecule has 4 rings (SSSR count). The minimum Gasteiger partial charge on any atom is -0.342 e. The summed E-state index contributed by atoms with van der Waals surface area (Å²) in [6, 6.07) is 6.63. The number of carbonyl (C=O) groups excluding carboxylic acids is 1. The molecule has 0 unspecified atom stereocenters. The van der Waals surface area contributed by atoms with Crippen molar-refractivity contribution in [1.29, 1.82) is 0 Å². The van der Waals surface area contributed by atoms with E-state index < -0.39 is 23.6 Å². The molecule has 30 heavy (non-hydrogen) atoms. The van der Waals surface area contributed by atoms with Crippen LogP contribution in [-0.4, -0.2) is 38.7 Å². The predicted molar refractivity (Wildman–Crippen MR) is 110 cm³/mol. The van der Waals surface area contributed by atoms with E-state index in [-0.39, 0.29) is 5.56 Å². The number of rotatable bonds is 5. The molecular formula is C21H23F2N5OS. The summed E-state index contributed by atoms with van der Waals surface area (Å²) in [5, 5.41) is 11.3. The molecule has 1 N–H and O–H groups in total. The second-order valence-electron chi connectivity index (χ2n) is 7.48. The molecule has 0 radical (unpaired) electrons. The minimum atomic E-state index is -0.763. The number of fused-ring (bicyclic) bond motifs is 1. The molecular weight excluding hydrogens is 408 g/mol. The highest BCUT2D eigenvalue weighted by atomic mass is 32.1. The number of benzene rings is 1. The molecule has 3 heterocycles. The van der Waals surface area contributed by atoms with E-state index in [1.165, 1.54) is 9.75 Å². The molecule has 9 heteroatoms. The van der Waals surface area contributed by atoms with Gasteiger partial charge in [0.1, 0.15) is 17.5 Å². The van der Waals surface area contributed by atoms with Crippen LogP contribution in [-0.2, 0) is 19.5 Å². The Hall–Kier alpha value is -2.65. The standard InChI is InChI=1S/C21H23F2N5OS/c1-13-3-5-16(30-13)12-27-8-7-19-25-26-20(28(19)10-9-27)14(2)24-21(29)17-11-15(22)4-6-18(17)23/h3-6,11,14H,7-10,12H2,1-2H3,(H,24,29)/t14-/m1/s1. The van der Waals surface area contributed by atoms with E-state index in [0.717, 1.165) is 50.1 Å². The maximum atomic E-state index is 13.9. The molecule has 6 nitrogen and oxygen atoms in total. The van der Waals surface area contributed by atoms with Crippen LogP contribution in [0.15, 0.2) is 30.3 Å². The van der Waals surface area contributed by atoms with E-state index in [1.54, 1.807) is 6.92 Å². The van der Waals surface area contributed by atoms with Gasteiger partial charge in [-0.2, -0.15) is 0 Å². The van der Waals surface area contributed by atoms with E-state index >= 15 is 0 Å². The monoisotopic (exact) mass is 431 g/mol. The molecule has 1 atom stereocenters. The Morgan fingerprint density at radius 2 is 2.03 bits per heavy atom. The largest absolute Gasteiger partial charge is 0.342 e. The first-order valence-electron chi connectivity index (χ1n) is 9.86. The van der Waals surface area contributed by atoms with Gasteiger partial charge in [-0.15, -0.1) is 21.5 Å². The summed E-state index contributed by atoms with van der Waals surface area (Å²) >= 11 is 1.81. The fourth-order valence-corrected chi connectivity index (χ4v) is 4.60. The average molecular weight is 432 g/mol. The highest BCUT2D eigenvalue weighted by Gasteiger charge is 2.24. The van der Waals surface area contributed by atoms with Gasteiger partial charge >= 0.3 is 0 Å². The van der Waals surface area contributed by atoms with Crippen molar-refractivity contribution in [2.45, 2.75) is 39.4 Å². The van der Waals surface area contributed by atoms with Gasteiger partial charge in [0, 0.05) is 42.4 Å². The van der Waals surface area contributed by atoms with Crippen molar-refractivity contribution in [2.24, 2.45) is 0 Å². The minimum absolute atomic E-state index is 0.324. The van der Waals surface area contributed by atoms with Gasteiger partial charge in [-0.3, -0.25) is 9.69 Å². The molecule has 1 aliphatic rings. The lowest BCUT2D eigenvalue weighted by molar-refractivity contribution is 0.0933. The van der Waals surface area contributed by atoms with Crippen molar-refractivity contribution in [1.82, 2.24) is 25.0 Å². The molecule has 0 bridgehead atoms. The number of hydrogen-bond donors (Lipinski definition) is 1. The Morgan fingerprint density at radius 3 is 2.80 bits per heavy atom. The molecule has 0 saturated carbocycles. The van der Waals surface area contributed by atoms with E-state index in [4.69, 9.17) is 0 Å². The number of amides is 1. The summed E-state index contributed by atoms with van der Waals surface area (Å²) in [5.41, 5.74) is -0.324. The Bertz CT molecular complexity index is 1060. The number of carbonyl (C=O) groups is 1. The number of halogens is 2. The third-order valence-corrected chi connectivity index (χ3v) is 6.22. The summed E-state index contributed by atoms with van der Waals surface area (Å²) in [6.07, 6.45) is 0.760. The van der Waals surface area contributed by atoms with Gasteiger partial charge in [-0.05, 0) is 44.2 Å². The number of aryl methyl sites for hydroxylation is 1. The van der Waals surface area contributed by atoms with Gasteiger partial charge in [0.2, 0.25) is 0 Å². The molecule has 3 aromatic rings. The maximum absolute atomic E-state index is 13.9. The fraction of sp³-hybridized carbons (Fsp3) is 0.381. The summed E-state index contributed by atoms with van der Waals surface area (Å²) in [7, 11) is 0. The van der Waals surface area contributed by atoms with Crippen LogP contribution in [0.25, 0.3) is 0 Å². The van der Waals surface area contributed by atoms with Crippen molar-refractivity contribution >= 4 is 17.2 Å². The van der Waals surface area contributed by atoms with Crippen molar-refractivity contribution in [3.8, 4) is 0 Å². The smallest absolute Gasteiger partial charge is 0.254 e. The van der Waals surface area contributed by atoms with E-state index in [2.05, 4.69) is 39.5 Å². The molecule has 2 aromatic heterocycles.